The number of aromatic nitrogens is 4. The van der Waals surface area contributed by atoms with Gasteiger partial charge in [-0.15, -0.1) is 10.2 Å². The van der Waals surface area contributed by atoms with Gasteiger partial charge in [0.1, 0.15) is 5.69 Å². The summed E-state index contributed by atoms with van der Waals surface area (Å²) in [6.07, 6.45) is 1.65. The van der Waals surface area contributed by atoms with E-state index < -0.39 is 15.1 Å². The summed E-state index contributed by atoms with van der Waals surface area (Å²) < 4.78 is 31.1. The van der Waals surface area contributed by atoms with Gasteiger partial charge in [-0.25, -0.2) is 13.4 Å². The van der Waals surface area contributed by atoms with E-state index in [1.54, 1.807) is 39.1 Å². The molecule has 4 rings (SSSR count). The van der Waals surface area contributed by atoms with Gasteiger partial charge in [-0.3, -0.25) is 4.98 Å². The maximum absolute atomic E-state index is 12.6. The van der Waals surface area contributed by atoms with Crippen LogP contribution in [0.15, 0.2) is 58.0 Å². The van der Waals surface area contributed by atoms with Crippen molar-refractivity contribution in [3.8, 4) is 34.3 Å². The number of sulfone groups is 1. The summed E-state index contributed by atoms with van der Waals surface area (Å²) in [6.45, 7) is 7.74. The van der Waals surface area contributed by atoms with E-state index in [1.807, 2.05) is 44.3 Å². The summed E-state index contributed by atoms with van der Waals surface area (Å²) >= 11 is 0. The quantitative estimate of drug-likeness (QED) is 0.409. The van der Waals surface area contributed by atoms with Crippen LogP contribution in [0.1, 0.15) is 32.1 Å². The first-order valence-electron chi connectivity index (χ1n) is 11.0. The number of benzene rings is 2. The monoisotopic (exact) mass is 479 g/mol. The van der Waals surface area contributed by atoms with E-state index in [4.69, 9.17) is 9.40 Å². The van der Waals surface area contributed by atoms with Crippen LogP contribution in [-0.2, 0) is 16.4 Å². The van der Waals surface area contributed by atoms with Gasteiger partial charge >= 0.3 is 0 Å². The zero-order valence-electron chi connectivity index (χ0n) is 19.8. The van der Waals surface area contributed by atoms with Gasteiger partial charge in [-0.1, -0.05) is 18.2 Å². The first-order valence-corrected chi connectivity index (χ1v) is 12.5. The Bertz CT molecular complexity index is 1430. The zero-order valence-corrected chi connectivity index (χ0v) is 20.6. The predicted octanol–water partition coefficient (Wildman–Crippen LogP) is 4.62. The van der Waals surface area contributed by atoms with Crippen LogP contribution < -0.4 is 5.32 Å². The first kappa shape index (κ1) is 23.7. The van der Waals surface area contributed by atoms with E-state index >= 15 is 0 Å². The van der Waals surface area contributed by atoms with Gasteiger partial charge in [-0.2, -0.15) is 0 Å². The lowest BCUT2D eigenvalue weighted by atomic mass is 10.1. The highest BCUT2D eigenvalue weighted by Crippen LogP contribution is 2.29. The van der Waals surface area contributed by atoms with Crippen molar-refractivity contribution < 1.29 is 14.3 Å². The first-order chi connectivity index (χ1) is 16.2. The van der Waals surface area contributed by atoms with Crippen molar-refractivity contribution in [1.82, 2.24) is 25.5 Å². The van der Waals surface area contributed by atoms with Gasteiger partial charge in [0, 0.05) is 19.1 Å². The molecule has 178 valence electrons. The molecule has 0 fully saturated rings. The second-order valence-corrected chi connectivity index (χ2v) is 10.9. The molecule has 2 aromatic heterocycles. The van der Waals surface area contributed by atoms with Gasteiger partial charge in [0.05, 0.1) is 27.7 Å². The van der Waals surface area contributed by atoms with E-state index in [0.29, 0.717) is 33.4 Å². The molecule has 0 unspecified atom stereocenters. The fraction of sp³-hybridized carbons (Fsp3) is 0.280. The van der Waals surface area contributed by atoms with Gasteiger partial charge < -0.3 is 9.73 Å². The minimum Gasteiger partial charge on any atom is -0.415 e. The Morgan fingerprint density at radius 1 is 1.00 bits per heavy atom. The third kappa shape index (κ3) is 4.62. The van der Waals surface area contributed by atoms with Crippen molar-refractivity contribution in [2.45, 2.75) is 44.4 Å². The predicted molar refractivity (Wildman–Crippen MR) is 133 cm³/mol. The van der Waals surface area contributed by atoms with E-state index in [9.17, 15) is 8.42 Å². The van der Waals surface area contributed by atoms with Crippen LogP contribution in [0.25, 0.3) is 34.3 Å². The summed E-state index contributed by atoms with van der Waals surface area (Å²) in [5.74, 6) is 0.675. The molecule has 0 radical (unpaired) electrons. The summed E-state index contributed by atoms with van der Waals surface area (Å²) in [6, 6.07) is 13.1. The Morgan fingerprint density at radius 2 is 1.68 bits per heavy atom. The normalized spacial score (nSPS) is 11.8. The highest BCUT2D eigenvalue weighted by molar-refractivity contribution is 7.92. The topological polar surface area (TPSA) is 111 Å². The number of rotatable bonds is 7. The maximum Gasteiger partial charge on any atom is 0.268 e. The van der Waals surface area contributed by atoms with Crippen molar-refractivity contribution in [3.05, 3.63) is 65.5 Å². The van der Waals surface area contributed by atoms with Gasteiger partial charge in [0.25, 0.3) is 5.89 Å². The molecule has 2 aromatic carbocycles. The molecule has 2 heterocycles. The van der Waals surface area contributed by atoms with Crippen LogP contribution in [0, 0.1) is 13.8 Å². The third-order valence-corrected chi connectivity index (χ3v) is 7.87. The minimum absolute atomic E-state index is 0. The van der Waals surface area contributed by atoms with Crippen LogP contribution >= 0.6 is 0 Å². The second-order valence-electron chi connectivity index (χ2n) is 8.40. The number of hydrogen-bond acceptors (Lipinski definition) is 8. The van der Waals surface area contributed by atoms with Gasteiger partial charge in [0.15, 0.2) is 9.84 Å². The molecule has 1 N–H and O–H groups in total. The zero-order chi connectivity index (χ0) is 24.5. The number of hydrogen-bond donors (Lipinski definition) is 1. The summed E-state index contributed by atoms with van der Waals surface area (Å²) in [7, 11) is -1.47. The summed E-state index contributed by atoms with van der Waals surface area (Å²) in [4.78, 5) is 9.50. The lowest BCUT2D eigenvalue weighted by Gasteiger charge is -2.12. The molecule has 0 saturated heterocycles. The van der Waals surface area contributed by atoms with Crippen molar-refractivity contribution in [1.29, 1.82) is 0 Å². The van der Waals surface area contributed by atoms with Crippen molar-refractivity contribution in [2.75, 3.05) is 7.05 Å². The smallest absolute Gasteiger partial charge is 0.268 e. The summed E-state index contributed by atoms with van der Waals surface area (Å²) in [5.41, 5.74) is 5.12. The fourth-order valence-electron chi connectivity index (χ4n) is 3.58. The van der Waals surface area contributed by atoms with Crippen molar-refractivity contribution in [2.24, 2.45) is 0 Å². The molecule has 4 aromatic rings. The van der Waals surface area contributed by atoms with Crippen molar-refractivity contribution in [3.63, 3.8) is 0 Å². The molecule has 34 heavy (non-hydrogen) atoms. The average molecular weight is 480 g/mol. The molecule has 9 heteroatoms. The van der Waals surface area contributed by atoms with Crippen LogP contribution in [-0.4, -0.2) is 40.9 Å². The van der Waals surface area contributed by atoms with E-state index in [0.717, 1.165) is 23.2 Å². The van der Waals surface area contributed by atoms with Gasteiger partial charge in [-0.05, 0) is 70.1 Å². The fourth-order valence-corrected chi connectivity index (χ4v) is 4.85. The summed E-state index contributed by atoms with van der Waals surface area (Å²) in [5, 5.41) is 11.0. The molecule has 0 bridgehead atoms. The lowest BCUT2D eigenvalue weighted by molar-refractivity contribution is 0.581. The van der Waals surface area contributed by atoms with Crippen LogP contribution in [0.2, 0.25) is 0 Å². The molecule has 0 spiro atoms. The molecule has 0 aliphatic carbocycles. The molecule has 0 saturated carbocycles. The standard InChI is InChI=1S/C25H27N5O3S.H2/c1-15(2)34(31,32)22-11-10-20(12-16(22)3)21-14-27-17(4)23(28-21)25-30-29-24(33-25)19-8-6-18(7-9-19)13-26-5;/h6-12,14-15,26H,13H2,1-5H3;1H. The Morgan fingerprint density at radius 3 is 2.32 bits per heavy atom. The maximum atomic E-state index is 12.6. The Kier molecular flexibility index (Phi) is 6.58. The van der Waals surface area contributed by atoms with Crippen LogP contribution in [0.5, 0.6) is 0 Å². The number of nitrogens with zero attached hydrogens (tertiary/aromatic N) is 4. The average Bonchev–Trinajstić information content (AvgIpc) is 3.30. The second kappa shape index (κ2) is 9.44. The Balaban J connectivity index is 0.00000342. The largest absolute Gasteiger partial charge is 0.415 e. The molecule has 0 aliphatic rings. The van der Waals surface area contributed by atoms with Crippen molar-refractivity contribution >= 4 is 9.84 Å². The number of aryl methyl sites for hydroxylation is 2. The van der Waals surface area contributed by atoms with Crippen LogP contribution in [0.3, 0.4) is 0 Å². The molecule has 8 nitrogen and oxygen atoms in total. The molecular weight excluding hydrogens is 450 g/mol. The van der Waals surface area contributed by atoms with E-state index in [-0.39, 0.29) is 7.32 Å². The van der Waals surface area contributed by atoms with Gasteiger partial charge in [0.2, 0.25) is 5.89 Å². The lowest BCUT2D eigenvalue weighted by Crippen LogP contribution is -2.15. The molecule has 0 atom stereocenters. The Labute approximate surface area is 200 Å². The SMILES string of the molecule is CNCc1ccc(-c2nnc(-c3nc(-c4ccc(S(=O)(=O)C(C)C)c(C)c4)cnc3C)o2)cc1.[HH]. The molecule has 0 amide bonds. The van der Waals surface area contributed by atoms with Crippen LogP contribution in [0.4, 0.5) is 0 Å². The molecule has 0 aliphatic heterocycles. The highest BCUT2D eigenvalue weighted by atomic mass is 32.2. The minimum atomic E-state index is -3.37. The highest BCUT2D eigenvalue weighted by Gasteiger charge is 2.22. The van der Waals surface area contributed by atoms with E-state index in [2.05, 4.69) is 20.5 Å². The molecular formula is C25H29N5O3S. The van der Waals surface area contributed by atoms with E-state index in [1.165, 1.54) is 0 Å². The Hall–Kier alpha value is -3.43. The number of nitrogens with one attached hydrogen (secondary N) is 1. The third-order valence-electron chi connectivity index (χ3n) is 5.56.